The highest BCUT2D eigenvalue weighted by Crippen LogP contribution is 2.30. The van der Waals surface area contributed by atoms with Crippen LogP contribution >= 0.6 is 0 Å². The number of sulfonamides is 1. The van der Waals surface area contributed by atoms with Crippen molar-refractivity contribution in [2.45, 2.75) is 58.4 Å². The van der Waals surface area contributed by atoms with Crippen molar-refractivity contribution in [3.05, 3.63) is 11.5 Å². The first kappa shape index (κ1) is 18.9. The van der Waals surface area contributed by atoms with Crippen LogP contribution in [0.5, 0.6) is 0 Å². The van der Waals surface area contributed by atoms with Crippen LogP contribution in [0.25, 0.3) is 0 Å². The largest absolute Gasteiger partial charge is 0.360 e. The molecule has 0 bridgehead atoms. The molecule has 1 unspecified atom stereocenters. The van der Waals surface area contributed by atoms with Gasteiger partial charge in [-0.2, -0.15) is 4.31 Å². The Bertz CT molecular complexity index is 669. The van der Waals surface area contributed by atoms with Gasteiger partial charge in [0, 0.05) is 25.0 Å². The zero-order valence-corrected chi connectivity index (χ0v) is 15.8. The second kappa shape index (κ2) is 7.23. The molecule has 7 nitrogen and oxygen atoms in total. The zero-order chi connectivity index (χ0) is 18.1. The van der Waals surface area contributed by atoms with Crippen molar-refractivity contribution in [3.63, 3.8) is 0 Å². The van der Waals surface area contributed by atoms with Crippen molar-refractivity contribution in [2.24, 2.45) is 11.8 Å². The molecule has 1 aromatic heterocycles. The fourth-order valence-electron chi connectivity index (χ4n) is 3.22. The molecule has 8 heteroatoms. The third kappa shape index (κ3) is 3.80. The van der Waals surface area contributed by atoms with E-state index in [1.54, 1.807) is 13.8 Å². The fourth-order valence-corrected chi connectivity index (χ4v) is 4.98. The summed E-state index contributed by atoms with van der Waals surface area (Å²) in [6, 6.07) is 0.111. The molecule has 136 valence electrons. The van der Waals surface area contributed by atoms with Gasteiger partial charge in [0.1, 0.15) is 10.6 Å². The van der Waals surface area contributed by atoms with E-state index in [0.29, 0.717) is 37.4 Å². The second-order valence-corrected chi connectivity index (χ2v) is 8.72. The van der Waals surface area contributed by atoms with Gasteiger partial charge in [0.05, 0.1) is 0 Å². The highest BCUT2D eigenvalue weighted by molar-refractivity contribution is 7.89. The number of carbonyl (C=O) groups is 1. The number of piperidine rings is 1. The van der Waals surface area contributed by atoms with Gasteiger partial charge >= 0.3 is 0 Å². The number of carbonyl (C=O) groups excluding carboxylic acids is 1. The lowest BCUT2D eigenvalue weighted by molar-refractivity contribution is -0.127. The van der Waals surface area contributed by atoms with Gasteiger partial charge in [0.15, 0.2) is 5.76 Å². The molecular formula is C16H27N3O4S. The summed E-state index contributed by atoms with van der Waals surface area (Å²) in [5, 5.41) is 6.66. The standard InChI is InChI=1S/C16H27N3O4S/c1-10(2)17-16(20)11(3)14-6-8-19(9-7-14)24(21,22)15-12(4)18-23-13(15)5/h10-11,14H,6-9H2,1-5H3,(H,17,20). The average molecular weight is 357 g/mol. The smallest absolute Gasteiger partial charge is 0.248 e. The van der Waals surface area contributed by atoms with E-state index >= 15 is 0 Å². The third-order valence-corrected chi connectivity index (χ3v) is 6.76. The molecule has 1 fully saturated rings. The van der Waals surface area contributed by atoms with Gasteiger partial charge in [0.2, 0.25) is 15.9 Å². The van der Waals surface area contributed by atoms with Gasteiger partial charge < -0.3 is 9.84 Å². The van der Waals surface area contributed by atoms with Crippen molar-refractivity contribution in [3.8, 4) is 0 Å². The van der Waals surface area contributed by atoms with Crippen LogP contribution in [-0.4, -0.2) is 42.9 Å². The number of nitrogens with zero attached hydrogens (tertiary/aromatic N) is 2. The predicted octanol–water partition coefficient (Wildman–Crippen LogP) is 1.85. The average Bonchev–Trinajstić information content (AvgIpc) is 2.85. The second-order valence-electron chi connectivity index (χ2n) is 6.85. The van der Waals surface area contributed by atoms with Crippen molar-refractivity contribution in [2.75, 3.05) is 13.1 Å². The molecule has 0 aromatic carbocycles. The van der Waals surface area contributed by atoms with Gasteiger partial charge in [-0.05, 0) is 46.5 Å². The van der Waals surface area contributed by atoms with E-state index in [2.05, 4.69) is 10.5 Å². The van der Waals surface area contributed by atoms with Crippen molar-refractivity contribution < 1.29 is 17.7 Å². The minimum Gasteiger partial charge on any atom is -0.360 e. The van der Waals surface area contributed by atoms with Gasteiger partial charge in [-0.15, -0.1) is 0 Å². The molecule has 0 saturated carbocycles. The van der Waals surface area contributed by atoms with Crippen LogP contribution in [0.2, 0.25) is 0 Å². The maximum absolute atomic E-state index is 12.8. The Morgan fingerprint density at radius 1 is 1.25 bits per heavy atom. The molecule has 1 N–H and O–H groups in total. The van der Waals surface area contributed by atoms with Crippen LogP contribution < -0.4 is 5.32 Å². The Kier molecular flexibility index (Phi) is 5.70. The lowest BCUT2D eigenvalue weighted by Gasteiger charge is -2.33. The molecular weight excluding hydrogens is 330 g/mol. The Morgan fingerprint density at radius 3 is 2.29 bits per heavy atom. The number of aryl methyl sites for hydroxylation is 2. The first-order chi connectivity index (χ1) is 11.1. The summed E-state index contributed by atoms with van der Waals surface area (Å²) in [7, 11) is -3.59. The minimum atomic E-state index is -3.59. The number of aromatic nitrogens is 1. The molecule has 1 atom stereocenters. The molecule has 0 spiro atoms. The van der Waals surface area contributed by atoms with Crippen molar-refractivity contribution >= 4 is 15.9 Å². The summed E-state index contributed by atoms with van der Waals surface area (Å²) in [6.07, 6.45) is 1.35. The maximum Gasteiger partial charge on any atom is 0.248 e. The molecule has 0 aliphatic carbocycles. The van der Waals surface area contributed by atoms with E-state index in [9.17, 15) is 13.2 Å². The van der Waals surface area contributed by atoms with Gasteiger partial charge in [-0.1, -0.05) is 12.1 Å². The minimum absolute atomic E-state index is 0.0389. The summed E-state index contributed by atoms with van der Waals surface area (Å²) < 4.78 is 32.1. The fraction of sp³-hybridized carbons (Fsp3) is 0.750. The molecule has 2 heterocycles. The molecule has 1 saturated heterocycles. The Morgan fingerprint density at radius 2 is 1.83 bits per heavy atom. The molecule has 24 heavy (non-hydrogen) atoms. The maximum atomic E-state index is 12.8. The highest BCUT2D eigenvalue weighted by atomic mass is 32.2. The predicted molar refractivity (Wildman–Crippen MR) is 89.9 cm³/mol. The number of hydrogen-bond donors (Lipinski definition) is 1. The first-order valence-corrected chi connectivity index (χ1v) is 9.82. The Hall–Kier alpha value is -1.41. The number of nitrogens with one attached hydrogen (secondary N) is 1. The van der Waals surface area contributed by atoms with E-state index in [1.165, 1.54) is 4.31 Å². The third-order valence-electron chi connectivity index (χ3n) is 4.62. The molecule has 1 aliphatic rings. The van der Waals surface area contributed by atoms with Crippen LogP contribution in [0.3, 0.4) is 0 Å². The number of hydrogen-bond acceptors (Lipinski definition) is 5. The highest BCUT2D eigenvalue weighted by Gasteiger charge is 2.36. The van der Waals surface area contributed by atoms with Gasteiger partial charge in [-0.3, -0.25) is 4.79 Å². The Labute approximate surface area is 143 Å². The zero-order valence-electron chi connectivity index (χ0n) is 15.0. The molecule has 1 aliphatic heterocycles. The van der Waals surface area contributed by atoms with E-state index in [4.69, 9.17) is 4.52 Å². The summed E-state index contributed by atoms with van der Waals surface area (Å²) in [4.78, 5) is 12.3. The van der Waals surface area contributed by atoms with Gasteiger partial charge in [0.25, 0.3) is 0 Å². The van der Waals surface area contributed by atoms with Crippen LogP contribution in [0.4, 0.5) is 0 Å². The quantitative estimate of drug-likeness (QED) is 0.868. The molecule has 1 amide bonds. The SMILES string of the molecule is Cc1noc(C)c1S(=O)(=O)N1CCC(C(C)C(=O)NC(C)C)CC1. The monoisotopic (exact) mass is 357 g/mol. The topological polar surface area (TPSA) is 92.5 Å². The van der Waals surface area contributed by atoms with E-state index in [-0.39, 0.29) is 28.7 Å². The number of amides is 1. The summed E-state index contributed by atoms with van der Waals surface area (Å²) >= 11 is 0. The lowest BCUT2D eigenvalue weighted by Crippen LogP contribution is -2.43. The van der Waals surface area contributed by atoms with E-state index in [1.807, 2.05) is 20.8 Å². The summed E-state index contributed by atoms with van der Waals surface area (Å²) in [5.41, 5.74) is 0.388. The van der Waals surface area contributed by atoms with Gasteiger partial charge in [-0.25, -0.2) is 8.42 Å². The molecule has 2 rings (SSSR count). The van der Waals surface area contributed by atoms with E-state index < -0.39 is 10.0 Å². The van der Waals surface area contributed by atoms with Crippen LogP contribution in [0.15, 0.2) is 9.42 Å². The lowest BCUT2D eigenvalue weighted by atomic mass is 9.85. The summed E-state index contributed by atoms with van der Waals surface area (Å²) in [6.45, 7) is 9.85. The normalized spacial score (nSPS) is 18.8. The Balaban J connectivity index is 2.04. The molecule has 1 aromatic rings. The van der Waals surface area contributed by atoms with Crippen molar-refractivity contribution in [1.29, 1.82) is 0 Å². The van der Waals surface area contributed by atoms with Crippen molar-refractivity contribution in [1.82, 2.24) is 14.8 Å². The van der Waals surface area contributed by atoms with Crippen LogP contribution in [-0.2, 0) is 14.8 Å². The summed E-state index contributed by atoms with van der Waals surface area (Å²) in [5.74, 6) is 0.438. The van der Waals surface area contributed by atoms with E-state index in [0.717, 1.165) is 0 Å². The first-order valence-electron chi connectivity index (χ1n) is 8.38. The van der Waals surface area contributed by atoms with Crippen LogP contribution in [0, 0.1) is 25.7 Å². The van der Waals surface area contributed by atoms with Crippen LogP contribution in [0.1, 0.15) is 45.1 Å². The number of rotatable bonds is 5. The molecule has 0 radical (unpaired) electrons.